The highest BCUT2D eigenvalue weighted by Crippen LogP contribution is 2.36. The van der Waals surface area contributed by atoms with E-state index in [0.717, 1.165) is 11.3 Å². The van der Waals surface area contributed by atoms with Crippen molar-refractivity contribution in [3.8, 4) is 5.75 Å². The van der Waals surface area contributed by atoms with E-state index >= 15 is 0 Å². The number of hydrogen-bond donors (Lipinski definition) is 1. The second-order valence-corrected chi connectivity index (χ2v) is 10.4. The molecule has 4 aromatic rings. The number of benzene rings is 2. The number of ether oxygens (including phenoxy) is 2. The monoisotopic (exact) mass is 528 g/mol. The summed E-state index contributed by atoms with van der Waals surface area (Å²) in [6.45, 7) is 3.01. The largest absolute Gasteiger partial charge is 0.489 e. The Morgan fingerprint density at radius 1 is 1.08 bits per heavy atom. The molecule has 0 spiro atoms. The summed E-state index contributed by atoms with van der Waals surface area (Å²) in [7, 11) is 0. The van der Waals surface area contributed by atoms with Crippen molar-refractivity contribution in [3.05, 3.63) is 89.9 Å². The number of fused-ring (bicyclic) bond motifs is 1. The number of nitrogens with one attached hydrogen (secondary N) is 1. The molecule has 0 aliphatic carbocycles. The number of anilines is 1. The summed E-state index contributed by atoms with van der Waals surface area (Å²) in [6.07, 6.45) is 5.28. The molecule has 1 N–H and O–H groups in total. The average molecular weight is 529 g/mol. The van der Waals surface area contributed by atoms with Gasteiger partial charge in [-0.05, 0) is 35.7 Å². The van der Waals surface area contributed by atoms with Crippen LogP contribution in [-0.2, 0) is 11.3 Å². The molecule has 1 amide bonds. The summed E-state index contributed by atoms with van der Waals surface area (Å²) in [6, 6.07) is 17.4. The van der Waals surface area contributed by atoms with E-state index in [1.807, 2.05) is 54.7 Å². The molecule has 1 unspecified atom stereocenters. The second kappa shape index (κ2) is 10.9. The van der Waals surface area contributed by atoms with Crippen molar-refractivity contribution in [1.29, 1.82) is 0 Å². The summed E-state index contributed by atoms with van der Waals surface area (Å²) in [4.78, 5) is 36.8. The van der Waals surface area contributed by atoms with Gasteiger partial charge in [-0.25, -0.2) is 0 Å². The SMILES string of the molecule is O=C(c1c[nH]c2cc(OCc3ccccc3)cc(C(=O)N3CCOCC3)c12)C1CSN(c2cccnc2)C1. The molecule has 2 aliphatic heterocycles. The second-order valence-electron chi connectivity index (χ2n) is 9.40. The molecule has 2 aromatic heterocycles. The van der Waals surface area contributed by atoms with Gasteiger partial charge in [0.15, 0.2) is 5.78 Å². The van der Waals surface area contributed by atoms with Crippen LogP contribution < -0.4 is 9.04 Å². The minimum atomic E-state index is -0.195. The Morgan fingerprint density at radius 2 is 1.92 bits per heavy atom. The van der Waals surface area contributed by atoms with E-state index < -0.39 is 0 Å². The summed E-state index contributed by atoms with van der Waals surface area (Å²) in [5.41, 5.74) is 3.75. The van der Waals surface area contributed by atoms with Crippen molar-refractivity contribution in [1.82, 2.24) is 14.9 Å². The number of carbonyl (C=O) groups excluding carboxylic acids is 2. The normalized spacial score (nSPS) is 17.6. The van der Waals surface area contributed by atoms with Gasteiger partial charge in [0.05, 0.1) is 42.1 Å². The molecule has 2 aliphatic rings. The van der Waals surface area contributed by atoms with Crippen molar-refractivity contribution >= 4 is 40.2 Å². The maximum absolute atomic E-state index is 13.8. The molecule has 0 bridgehead atoms. The van der Waals surface area contributed by atoms with E-state index in [1.165, 1.54) is 0 Å². The number of amides is 1. The van der Waals surface area contributed by atoms with Crippen molar-refractivity contribution in [3.63, 3.8) is 0 Å². The standard InChI is InChI=1S/C29H28N4O4S/c34-28(21-17-33(38-19-21)22-7-4-8-30-15-22)25-16-31-26-14-23(37-18-20-5-2-1-3-6-20)13-24(27(25)26)29(35)32-9-11-36-12-10-32/h1-8,13-16,21,31H,9-12,17-19H2. The lowest BCUT2D eigenvalue weighted by atomic mass is 9.95. The van der Waals surface area contributed by atoms with Crippen LogP contribution in [0.15, 0.2) is 73.2 Å². The maximum atomic E-state index is 13.8. The first kappa shape index (κ1) is 24.5. The fourth-order valence-corrected chi connectivity index (χ4v) is 6.07. The van der Waals surface area contributed by atoms with E-state index in [0.29, 0.717) is 73.0 Å². The quantitative estimate of drug-likeness (QED) is 0.277. The number of pyridine rings is 1. The lowest BCUT2D eigenvalue weighted by molar-refractivity contribution is 0.0304. The van der Waals surface area contributed by atoms with Crippen molar-refractivity contribution in [2.75, 3.05) is 42.9 Å². The molecule has 1 atom stereocenters. The number of rotatable bonds is 7. The van der Waals surface area contributed by atoms with E-state index in [9.17, 15) is 9.59 Å². The predicted molar refractivity (Wildman–Crippen MR) is 148 cm³/mol. The third kappa shape index (κ3) is 4.99. The van der Waals surface area contributed by atoms with E-state index in [2.05, 4.69) is 14.3 Å². The van der Waals surface area contributed by atoms with E-state index in [4.69, 9.17) is 9.47 Å². The Hall–Kier alpha value is -3.82. The zero-order valence-corrected chi connectivity index (χ0v) is 21.7. The highest BCUT2D eigenvalue weighted by molar-refractivity contribution is 8.00. The molecule has 0 saturated carbocycles. The van der Waals surface area contributed by atoms with Gasteiger partial charge >= 0.3 is 0 Å². The van der Waals surface area contributed by atoms with Crippen LogP contribution in [-0.4, -0.2) is 65.2 Å². The van der Waals surface area contributed by atoms with E-state index in [1.54, 1.807) is 35.3 Å². The Bertz CT molecular complexity index is 1440. The predicted octanol–water partition coefficient (Wildman–Crippen LogP) is 4.58. The van der Waals surface area contributed by atoms with Gasteiger partial charge in [-0.1, -0.05) is 30.3 Å². The van der Waals surface area contributed by atoms with Crippen LogP contribution in [0.4, 0.5) is 5.69 Å². The number of ketones is 1. The van der Waals surface area contributed by atoms with Crippen LogP contribution >= 0.6 is 11.9 Å². The van der Waals surface area contributed by atoms with Crippen LogP contribution in [0.1, 0.15) is 26.3 Å². The molecule has 2 saturated heterocycles. The minimum absolute atomic E-state index is 0.0316. The van der Waals surface area contributed by atoms with Gasteiger partial charge in [0.25, 0.3) is 5.91 Å². The van der Waals surface area contributed by atoms with E-state index in [-0.39, 0.29) is 17.6 Å². The molecule has 6 rings (SSSR count). The summed E-state index contributed by atoms with van der Waals surface area (Å²) < 4.78 is 13.7. The summed E-state index contributed by atoms with van der Waals surface area (Å²) >= 11 is 1.63. The number of hydrogen-bond acceptors (Lipinski definition) is 7. The minimum Gasteiger partial charge on any atom is -0.489 e. The van der Waals surface area contributed by atoms with Gasteiger partial charge in [-0.3, -0.25) is 14.6 Å². The zero-order valence-electron chi connectivity index (χ0n) is 20.8. The average Bonchev–Trinajstić information content (AvgIpc) is 3.65. The first-order valence-corrected chi connectivity index (χ1v) is 13.6. The van der Waals surface area contributed by atoms with Gasteiger partial charge in [-0.2, -0.15) is 0 Å². The molecular weight excluding hydrogens is 500 g/mol. The number of nitrogens with zero attached hydrogens (tertiary/aromatic N) is 3. The van der Waals surface area contributed by atoms with Gasteiger partial charge in [-0.15, -0.1) is 0 Å². The van der Waals surface area contributed by atoms with Crippen molar-refractivity contribution in [2.45, 2.75) is 6.61 Å². The number of Topliss-reactive ketones (excluding diaryl/α,β-unsaturated/α-hetero) is 1. The molecule has 2 aromatic carbocycles. The van der Waals surface area contributed by atoms with Crippen molar-refractivity contribution < 1.29 is 19.1 Å². The van der Waals surface area contributed by atoms with Crippen LogP contribution in [0, 0.1) is 5.92 Å². The smallest absolute Gasteiger partial charge is 0.254 e. The van der Waals surface area contributed by atoms with Gasteiger partial charge in [0.1, 0.15) is 12.4 Å². The van der Waals surface area contributed by atoms with Gasteiger partial charge in [0.2, 0.25) is 0 Å². The molecule has 38 heavy (non-hydrogen) atoms. The fourth-order valence-electron chi connectivity index (χ4n) is 4.91. The first-order chi connectivity index (χ1) is 18.7. The van der Waals surface area contributed by atoms with Crippen molar-refractivity contribution in [2.24, 2.45) is 5.92 Å². The zero-order chi connectivity index (χ0) is 25.9. The summed E-state index contributed by atoms with van der Waals surface area (Å²) in [5, 5.41) is 0.656. The van der Waals surface area contributed by atoms with Crippen LogP contribution in [0.2, 0.25) is 0 Å². The number of aromatic nitrogens is 2. The Morgan fingerprint density at radius 3 is 2.71 bits per heavy atom. The van der Waals surface area contributed by atoms with Gasteiger partial charge in [0, 0.05) is 54.8 Å². The number of carbonyl (C=O) groups is 2. The topological polar surface area (TPSA) is 87.8 Å². The lowest BCUT2D eigenvalue weighted by Crippen LogP contribution is -2.40. The highest BCUT2D eigenvalue weighted by atomic mass is 32.2. The first-order valence-electron chi connectivity index (χ1n) is 12.7. The number of morpholine rings is 1. The fraction of sp³-hybridized carbons (Fsp3) is 0.276. The number of H-pyrrole nitrogens is 1. The number of aromatic amines is 1. The third-order valence-corrected chi connectivity index (χ3v) is 8.14. The Kier molecular flexibility index (Phi) is 7.02. The maximum Gasteiger partial charge on any atom is 0.254 e. The molecule has 0 radical (unpaired) electrons. The molecule has 194 valence electrons. The van der Waals surface area contributed by atoms with Crippen LogP contribution in [0.25, 0.3) is 10.9 Å². The van der Waals surface area contributed by atoms with Crippen LogP contribution in [0.5, 0.6) is 5.75 Å². The molecule has 8 nitrogen and oxygen atoms in total. The molecule has 4 heterocycles. The third-order valence-electron chi connectivity index (χ3n) is 6.92. The Balaban J connectivity index is 1.32. The highest BCUT2D eigenvalue weighted by Gasteiger charge is 2.33. The molecule has 9 heteroatoms. The lowest BCUT2D eigenvalue weighted by Gasteiger charge is -2.27. The van der Waals surface area contributed by atoms with Gasteiger partial charge < -0.3 is 23.7 Å². The molecule has 2 fully saturated rings. The van der Waals surface area contributed by atoms with Crippen LogP contribution in [0.3, 0.4) is 0 Å². The Labute approximate surface area is 225 Å². The molecular formula is C29H28N4O4S. The summed E-state index contributed by atoms with van der Waals surface area (Å²) in [5.74, 6) is 0.974.